The first-order chi connectivity index (χ1) is 6.68. The highest BCUT2D eigenvalue weighted by Crippen LogP contribution is 2.08. The largest absolute Gasteiger partial charge is 0.399 e. The molecule has 0 aliphatic carbocycles. The standard InChI is InChI=1S/C6H8N2O2S.ClH/c7-5-1-3-6(4-2-5)11(8,9)10;/h1-4H,7H2,(H2,8,9,10);1H/i1D,2D,3D,4D;. The molecule has 0 fully saturated rings. The van der Waals surface area contributed by atoms with Crippen molar-refractivity contribution in [2.75, 3.05) is 5.73 Å². The minimum Gasteiger partial charge on any atom is -0.399 e. The van der Waals surface area contributed by atoms with Crippen LogP contribution in [0.25, 0.3) is 0 Å². The van der Waals surface area contributed by atoms with Crippen molar-refractivity contribution in [2.24, 2.45) is 5.14 Å². The summed E-state index contributed by atoms with van der Waals surface area (Å²) in [4.78, 5) is -0.841. The lowest BCUT2D eigenvalue weighted by Crippen LogP contribution is -2.11. The van der Waals surface area contributed by atoms with Gasteiger partial charge in [0.25, 0.3) is 0 Å². The van der Waals surface area contributed by atoms with Gasteiger partial charge in [0.2, 0.25) is 10.0 Å². The second kappa shape index (κ2) is 3.75. The zero-order valence-corrected chi connectivity index (χ0v) is 7.42. The van der Waals surface area contributed by atoms with Crippen molar-refractivity contribution in [3.8, 4) is 0 Å². The average Bonchev–Trinajstić information content (AvgIpc) is 2.09. The molecule has 0 amide bonds. The minimum atomic E-state index is -4.30. The SMILES string of the molecule is Cl.[2H]c1c([2H])c(S(N)(=O)=O)c([2H])c([2H])c1N. The third kappa shape index (κ3) is 2.69. The van der Waals surface area contributed by atoms with Gasteiger partial charge in [-0.25, -0.2) is 13.6 Å². The number of nitrogens with two attached hydrogens (primary N) is 2. The number of hydrogen-bond acceptors (Lipinski definition) is 3. The molecule has 1 aromatic carbocycles. The van der Waals surface area contributed by atoms with Crippen molar-refractivity contribution < 1.29 is 13.9 Å². The van der Waals surface area contributed by atoms with Gasteiger partial charge in [0, 0.05) is 5.69 Å². The fraction of sp³-hybridized carbons (Fsp3) is 0. The summed E-state index contributed by atoms with van der Waals surface area (Å²) in [5.41, 5.74) is 4.84. The quantitative estimate of drug-likeness (QED) is 0.659. The predicted octanol–water partition coefficient (Wildman–Crippen LogP) is 0.338. The highest BCUT2D eigenvalue weighted by atomic mass is 35.5. The number of hydrogen-bond donors (Lipinski definition) is 2. The van der Waals surface area contributed by atoms with Crippen LogP contribution in [0.4, 0.5) is 5.69 Å². The molecule has 0 heterocycles. The van der Waals surface area contributed by atoms with Crippen LogP contribution in [0.15, 0.2) is 29.1 Å². The number of primary sulfonamides is 1. The van der Waals surface area contributed by atoms with Gasteiger partial charge in [0.05, 0.1) is 10.4 Å². The van der Waals surface area contributed by atoms with Crippen molar-refractivity contribution in [3.63, 3.8) is 0 Å². The third-order valence-corrected chi connectivity index (χ3v) is 1.68. The monoisotopic (exact) mass is 212 g/mol. The lowest BCUT2D eigenvalue weighted by molar-refractivity contribution is 0.598. The average molecular weight is 213 g/mol. The van der Waals surface area contributed by atoms with Crippen molar-refractivity contribution in [1.29, 1.82) is 0 Å². The van der Waals surface area contributed by atoms with E-state index in [0.717, 1.165) is 0 Å². The Kier molecular flexibility index (Phi) is 1.81. The molecule has 6 heteroatoms. The fourth-order valence-electron chi connectivity index (χ4n) is 0.453. The van der Waals surface area contributed by atoms with Gasteiger partial charge in [-0.1, -0.05) is 0 Å². The van der Waals surface area contributed by atoms with E-state index in [0.29, 0.717) is 0 Å². The first-order valence-electron chi connectivity index (χ1n) is 4.56. The van der Waals surface area contributed by atoms with Gasteiger partial charge in [0.15, 0.2) is 0 Å². The molecular formula is C6H9ClN2O2S. The number of nitrogen functional groups attached to an aromatic ring is 1. The van der Waals surface area contributed by atoms with Gasteiger partial charge in [-0.05, 0) is 24.2 Å². The first kappa shape index (κ1) is 5.80. The molecule has 1 rings (SSSR count). The predicted molar refractivity (Wildman–Crippen MR) is 49.5 cm³/mol. The Morgan fingerprint density at radius 3 is 2.00 bits per heavy atom. The maximum atomic E-state index is 11.0. The summed E-state index contributed by atoms with van der Waals surface area (Å²) in [6.45, 7) is 0. The van der Waals surface area contributed by atoms with Crippen LogP contribution in [-0.4, -0.2) is 8.42 Å². The van der Waals surface area contributed by atoms with Gasteiger partial charge < -0.3 is 5.73 Å². The number of benzene rings is 1. The van der Waals surface area contributed by atoms with Crippen LogP contribution in [0.2, 0.25) is 0 Å². The summed E-state index contributed by atoms with van der Waals surface area (Å²) in [6, 6.07) is -2.73. The Bertz CT molecular complexity index is 505. The normalized spacial score (nSPS) is 15.1. The molecule has 4 nitrogen and oxygen atoms in total. The van der Waals surface area contributed by atoms with Crippen LogP contribution < -0.4 is 10.9 Å². The summed E-state index contributed by atoms with van der Waals surface area (Å²) in [5, 5.41) is 4.77. The number of rotatable bonds is 1. The van der Waals surface area contributed by atoms with Gasteiger partial charge in [0.1, 0.15) is 0 Å². The number of anilines is 1. The van der Waals surface area contributed by atoms with Gasteiger partial charge in [-0.2, -0.15) is 0 Å². The first-order valence-corrected chi connectivity index (χ1v) is 4.11. The lowest BCUT2D eigenvalue weighted by atomic mass is 10.3. The van der Waals surface area contributed by atoms with E-state index in [1.54, 1.807) is 0 Å². The van der Waals surface area contributed by atoms with E-state index in [9.17, 15) is 8.42 Å². The van der Waals surface area contributed by atoms with Crippen LogP contribution in [0.5, 0.6) is 0 Å². The fourth-order valence-corrected chi connectivity index (χ4v) is 0.840. The van der Waals surface area contributed by atoms with E-state index in [4.69, 9.17) is 16.4 Å². The van der Waals surface area contributed by atoms with Crippen LogP contribution >= 0.6 is 12.4 Å². The summed E-state index contributed by atoms with van der Waals surface area (Å²) < 4.78 is 51.2. The molecule has 0 atom stereocenters. The zero-order chi connectivity index (χ0) is 12.0. The molecule has 0 aliphatic heterocycles. The molecular weight excluding hydrogens is 200 g/mol. The lowest BCUT2D eigenvalue weighted by Gasteiger charge is -1.96. The molecule has 12 heavy (non-hydrogen) atoms. The zero-order valence-electron chi connectivity index (χ0n) is 9.79. The Balaban J connectivity index is 0.00000225. The Morgan fingerprint density at radius 2 is 1.67 bits per heavy atom. The van der Waals surface area contributed by atoms with Gasteiger partial charge >= 0.3 is 0 Å². The van der Waals surface area contributed by atoms with Crippen molar-refractivity contribution >= 4 is 28.1 Å². The maximum Gasteiger partial charge on any atom is 0.238 e. The second-order valence-corrected chi connectivity index (χ2v) is 3.29. The Hall–Kier alpha value is -0.780. The van der Waals surface area contributed by atoms with E-state index < -0.39 is 44.8 Å². The van der Waals surface area contributed by atoms with Crippen LogP contribution in [0, 0.1) is 0 Å². The summed E-state index contributed by atoms with van der Waals surface area (Å²) in [6.07, 6.45) is 0. The van der Waals surface area contributed by atoms with Crippen molar-refractivity contribution in [2.45, 2.75) is 4.90 Å². The molecule has 0 aromatic heterocycles. The van der Waals surface area contributed by atoms with E-state index in [2.05, 4.69) is 0 Å². The van der Waals surface area contributed by atoms with Crippen LogP contribution in [0.1, 0.15) is 5.48 Å². The van der Waals surface area contributed by atoms with Crippen molar-refractivity contribution in [1.82, 2.24) is 0 Å². The molecule has 4 N–H and O–H groups in total. The molecule has 0 saturated carbocycles. The number of halogens is 1. The Labute approximate surface area is 82.6 Å². The summed E-state index contributed by atoms with van der Waals surface area (Å²) >= 11 is 0. The molecule has 0 saturated heterocycles. The topological polar surface area (TPSA) is 86.2 Å². The molecule has 68 valence electrons. The number of sulfonamides is 1. The maximum absolute atomic E-state index is 11.0. The van der Waals surface area contributed by atoms with Gasteiger partial charge in [-0.3, -0.25) is 0 Å². The van der Waals surface area contributed by atoms with Crippen LogP contribution in [0.3, 0.4) is 0 Å². The van der Waals surface area contributed by atoms with E-state index in [1.807, 2.05) is 0 Å². The minimum absolute atomic E-state index is 0. The molecule has 0 aliphatic rings. The molecule has 0 unspecified atom stereocenters. The van der Waals surface area contributed by atoms with E-state index in [-0.39, 0.29) is 12.4 Å². The molecule has 1 aromatic rings. The summed E-state index contributed by atoms with van der Waals surface area (Å²) in [5.74, 6) is 0. The van der Waals surface area contributed by atoms with Gasteiger partial charge in [-0.15, -0.1) is 12.4 Å². The van der Waals surface area contributed by atoms with Crippen molar-refractivity contribution in [3.05, 3.63) is 24.2 Å². The van der Waals surface area contributed by atoms with Crippen LogP contribution in [-0.2, 0) is 10.0 Å². The molecule has 0 radical (unpaired) electrons. The summed E-state index contributed by atoms with van der Waals surface area (Å²) in [7, 11) is -4.30. The Morgan fingerprint density at radius 1 is 1.25 bits per heavy atom. The second-order valence-electron chi connectivity index (χ2n) is 1.79. The highest BCUT2D eigenvalue weighted by molar-refractivity contribution is 7.89. The highest BCUT2D eigenvalue weighted by Gasteiger charge is 2.04. The van der Waals surface area contributed by atoms with E-state index in [1.165, 1.54) is 0 Å². The molecule has 0 bridgehead atoms. The smallest absolute Gasteiger partial charge is 0.238 e. The molecule has 0 spiro atoms. The van der Waals surface area contributed by atoms with E-state index >= 15 is 0 Å². The third-order valence-electron chi connectivity index (χ3n) is 0.906.